The number of hydrogen-bond acceptors (Lipinski definition) is 5. The number of guanidine groups is 1. The van der Waals surface area contributed by atoms with Gasteiger partial charge in [0.15, 0.2) is 5.96 Å². The highest BCUT2D eigenvalue weighted by Gasteiger charge is 2.16. The molecular weight excluding hydrogens is 509 g/mol. The van der Waals surface area contributed by atoms with Crippen molar-refractivity contribution in [2.75, 3.05) is 20.6 Å². The SMILES string of the molecule is CCNC(=NCc1ccc(S(=O)(=O)N(C)C)cc1)NCc1nc(C)c(C)s1.I. The van der Waals surface area contributed by atoms with Crippen LogP contribution >= 0.6 is 35.3 Å². The van der Waals surface area contributed by atoms with Gasteiger partial charge in [-0.3, -0.25) is 0 Å². The van der Waals surface area contributed by atoms with Gasteiger partial charge in [-0.15, -0.1) is 35.3 Å². The first-order valence-corrected chi connectivity index (χ1v) is 11.0. The van der Waals surface area contributed by atoms with Crippen LogP contribution < -0.4 is 10.6 Å². The molecule has 0 bridgehead atoms. The molecule has 7 nitrogen and oxygen atoms in total. The van der Waals surface area contributed by atoms with E-state index in [4.69, 9.17) is 0 Å². The molecule has 1 heterocycles. The van der Waals surface area contributed by atoms with Crippen molar-refractivity contribution in [1.29, 1.82) is 0 Å². The second kappa shape index (κ2) is 11.1. The van der Waals surface area contributed by atoms with E-state index in [9.17, 15) is 8.42 Å². The average Bonchev–Trinajstić information content (AvgIpc) is 2.95. The van der Waals surface area contributed by atoms with Crippen LogP contribution in [0.5, 0.6) is 0 Å². The van der Waals surface area contributed by atoms with E-state index in [1.165, 1.54) is 23.3 Å². The topological polar surface area (TPSA) is 86.7 Å². The molecule has 1 aromatic heterocycles. The lowest BCUT2D eigenvalue weighted by Gasteiger charge is -2.12. The quantitative estimate of drug-likeness (QED) is 0.322. The number of aromatic nitrogens is 1. The molecule has 2 N–H and O–H groups in total. The van der Waals surface area contributed by atoms with Gasteiger partial charge in [-0.05, 0) is 38.5 Å². The number of nitrogens with one attached hydrogen (secondary N) is 2. The Labute approximate surface area is 188 Å². The molecule has 0 saturated carbocycles. The summed E-state index contributed by atoms with van der Waals surface area (Å²) in [6.45, 7) is 7.90. The van der Waals surface area contributed by atoms with Gasteiger partial charge in [-0.25, -0.2) is 22.7 Å². The highest BCUT2D eigenvalue weighted by atomic mass is 127. The highest BCUT2D eigenvalue weighted by molar-refractivity contribution is 14.0. The first-order chi connectivity index (χ1) is 12.7. The third-order valence-electron chi connectivity index (χ3n) is 3.95. The van der Waals surface area contributed by atoms with Gasteiger partial charge in [0, 0.05) is 25.5 Å². The van der Waals surface area contributed by atoms with Crippen molar-refractivity contribution in [1.82, 2.24) is 19.9 Å². The van der Waals surface area contributed by atoms with Crippen molar-refractivity contribution < 1.29 is 8.42 Å². The molecule has 2 aromatic rings. The van der Waals surface area contributed by atoms with E-state index >= 15 is 0 Å². The van der Waals surface area contributed by atoms with E-state index < -0.39 is 10.0 Å². The minimum Gasteiger partial charge on any atom is -0.357 e. The molecule has 0 amide bonds. The van der Waals surface area contributed by atoms with Crippen molar-refractivity contribution in [2.45, 2.75) is 38.8 Å². The fourth-order valence-electron chi connectivity index (χ4n) is 2.26. The van der Waals surface area contributed by atoms with Crippen LogP contribution in [0.15, 0.2) is 34.2 Å². The van der Waals surface area contributed by atoms with Gasteiger partial charge in [0.2, 0.25) is 10.0 Å². The molecule has 0 atom stereocenters. The molecule has 0 radical (unpaired) electrons. The lowest BCUT2D eigenvalue weighted by Crippen LogP contribution is -2.36. The molecule has 0 spiro atoms. The van der Waals surface area contributed by atoms with Crippen LogP contribution in [0.3, 0.4) is 0 Å². The van der Waals surface area contributed by atoms with Gasteiger partial charge in [0.25, 0.3) is 0 Å². The lowest BCUT2D eigenvalue weighted by atomic mass is 10.2. The maximum Gasteiger partial charge on any atom is 0.242 e. The van der Waals surface area contributed by atoms with Gasteiger partial charge < -0.3 is 10.6 Å². The summed E-state index contributed by atoms with van der Waals surface area (Å²) in [7, 11) is -0.365. The van der Waals surface area contributed by atoms with Crippen LogP contribution in [-0.2, 0) is 23.1 Å². The molecule has 0 saturated heterocycles. The summed E-state index contributed by atoms with van der Waals surface area (Å²) < 4.78 is 25.4. The first kappa shape index (κ1) is 24.8. The molecule has 1 aromatic carbocycles. The lowest BCUT2D eigenvalue weighted by molar-refractivity contribution is 0.520. The maximum atomic E-state index is 12.1. The predicted octanol–water partition coefficient (Wildman–Crippen LogP) is 2.88. The first-order valence-electron chi connectivity index (χ1n) is 8.70. The number of aryl methyl sites for hydroxylation is 2. The van der Waals surface area contributed by atoms with Crippen LogP contribution in [0.4, 0.5) is 0 Å². The van der Waals surface area contributed by atoms with Crippen molar-refractivity contribution >= 4 is 51.3 Å². The van der Waals surface area contributed by atoms with Gasteiger partial charge >= 0.3 is 0 Å². The van der Waals surface area contributed by atoms with Crippen LogP contribution in [0.1, 0.15) is 28.1 Å². The summed E-state index contributed by atoms with van der Waals surface area (Å²) >= 11 is 1.68. The van der Waals surface area contributed by atoms with E-state index in [-0.39, 0.29) is 28.9 Å². The van der Waals surface area contributed by atoms with Crippen molar-refractivity contribution in [3.8, 4) is 0 Å². The Balaban J connectivity index is 0.00000392. The Morgan fingerprint density at radius 3 is 2.32 bits per heavy atom. The van der Waals surface area contributed by atoms with Crippen LogP contribution in [0, 0.1) is 13.8 Å². The minimum absolute atomic E-state index is 0. The monoisotopic (exact) mass is 537 g/mol. The summed E-state index contributed by atoms with van der Waals surface area (Å²) in [4.78, 5) is 10.6. The van der Waals surface area contributed by atoms with E-state index in [1.54, 1.807) is 35.6 Å². The molecule has 28 heavy (non-hydrogen) atoms. The van der Waals surface area contributed by atoms with Crippen molar-refractivity contribution in [3.05, 3.63) is 45.4 Å². The number of rotatable bonds is 7. The van der Waals surface area contributed by atoms with E-state index in [2.05, 4.69) is 27.5 Å². The summed E-state index contributed by atoms with van der Waals surface area (Å²) in [5, 5.41) is 7.51. The molecule has 0 aliphatic carbocycles. The van der Waals surface area contributed by atoms with E-state index in [1.807, 2.05) is 13.8 Å². The Hall–Kier alpha value is -1.24. The number of thiazole rings is 1. The van der Waals surface area contributed by atoms with Crippen molar-refractivity contribution in [2.24, 2.45) is 4.99 Å². The molecule has 0 fully saturated rings. The number of halogens is 1. The minimum atomic E-state index is -3.41. The van der Waals surface area contributed by atoms with Crippen LogP contribution in [0.25, 0.3) is 0 Å². The molecule has 0 unspecified atom stereocenters. The van der Waals surface area contributed by atoms with Crippen LogP contribution in [-0.4, -0.2) is 44.3 Å². The maximum absolute atomic E-state index is 12.1. The zero-order valence-corrected chi connectivity index (χ0v) is 20.8. The van der Waals surface area contributed by atoms with Gasteiger partial charge in [-0.2, -0.15) is 0 Å². The van der Waals surface area contributed by atoms with Gasteiger partial charge in [0.1, 0.15) is 5.01 Å². The third kappa shape index (κ3) is 6.68. The van der Waals surface area contributed by atoms with Crippen LogP contribution in [0.2, 0.25) is 0 Å². The standard InChI is InChI=1S/C18H27N5O2S2.HI/c1-6-19-18(21-12-17-22-13(2)14(3)26-17)20-11-15-7-9-16(10-8-15)27(24,25)23(4)5;/h7-10H,6,11-12H2,1-5H3,(H2,19,20,21);1H. The molecule has 156 valence electrons. The number of benzene rings is 1. The Morgan fingerprint density at radius 2 is 1.82 bits per heavy atom. The summed E-state index contributed by atoms with van der Waals surface area (Å²) in [6.07, 6.45) is 0. The largest absolute Gasteiger partial charge is 0.357 e. The summed E-state index contributed by atoms with van der Waals surface area (Å²) in [5.41, 5.74) is 2.00. The third-order valence-corrected chi connectivity index (χ3v) is 6.85. The number of hydrogen-bond donors (Lipinski definition) is 2. The summed E-state index contributed by atoms with van der Waals surface area (Å²) in [5.74, 6) is 0.702. The van der Waals surface area contributed by atoms with Gasteiger partial charge in [0.05, 0.1) is 23.7 Å². The number of nitrogens with zero attached hydrogens (tertiary/aromatic N) is 3. The number of aliphatic imine (C=N–C) groups is 1. The fourth-order valence-corrected chi connectivity index (χ4v) is 4.04. The second-order valence-corrected chi connectivity index (χ2v) is 9.67. The molecule has 0 aliphatic heterocycles. The van der Waals surface area contributed by atoms with E-state index in [0.29, 0.717) is 19.0 Å². The molecule has 10 heteroatoms. The molecule has 0 aliphatic rings. The predicted molar refractivity (Wildman–Crippen MR) is 126 cm³/mol. The Bertz CT molecular complexity index is 874. The second-order valence-electron chi connectivity index (χ2n) is 6.23. The normalized spacial score (nSPS) is 12.0. The van der Waals surface area contributed by atoms with Gasteiger partial charge in [-0.1, -0.05) is 12.1 Å². The summed E-state index contributed by atoms with van der Waals surface area (Å²) in [6, 6.07) is 6.80. The zero-order valence-electron chi connectivity index (χ0n) is 16.8. The van der Waals surface area contributed by atoms with E-state index in [0.717, 1.165) is 22.8 Å². The van der Waals surface area contributed by atoms with Crippen molar-refractivity contribution in [3.63, 3.8) is 0 Å². The molecule has 2 rings (SSSR count). The Kier molecular flexibility index (Phi) is 9.81. The Morgan fingerprint density at radius 1 is 1.18 bits per heavy atom. The average molecular weight is 537 g/mol. The molecular formula is C18H28IN5O2S2. The highest BCUT2D eigenvalue weighted by Crippen LogP contribution is 2.16. The fraction of sp³-hybridized carbons (Fsp3) is 0.444. The number of sulfonamides is 1. The smallest absolute Gasteiger partial charge is 0.242 e. The zero-order chi connectivity index (χ0) is 20.0.